The van der Waals surface area contributed by atoms with Crippen molar-refractivity contribution < 1.29 is 23.8 Å². The van der Waals surface area contributed by atoms with E-state index in [-0.39, 0.29) is 18.2 Å². The van der Waals surface area contributed by atoms with Crippen LogP contribution in [0.15, 0.2) is 48.5 Å². The molecule has 0 aliphatic carbocycles. The Hall–Kier alpha value is -3.22. The van der Waals surface area contributed by atoms with Crippen LogP contribution >= 0.6 is 0 Å². The Morgan fingerprint density at radius 3 is 2.55 bits per heavy atom. The van der Waals surface area contributed by atoms with E-state index in [1.165, 1.54) is 0 Å². The maximum atomic E-state index is 12.5. The highest BCUT2D eigenvalue weighted by Gasteiger charge is 2.31. The van der Waals surface area contributed by atoms with Crippen molar-refractivity contribution in [3.63, 3.8) is 0 Å². The van der Waals surface area contributed by atoms with Crippen molar-refractivity contribution in [2.75, 3.05) is 38.8 Å². The summed E-state index contributed by atoms with van der Waals surface area (Å²) in [5.41, 5.74) is 0.703. The first kappa shape index (κ1) is 20.5. The molecule has 1 heterocycles. The van der Waals surface area contributed by atoms with Gasteiger partial charge in [-0.1, -0.05) is 12.1 Å². The number of fused-ring (bicyclic) bond motifs is 1. The molecular weight excluding hydrogens is 372 g/mol. The van der Waals surface area contributed by atoms with Gasteiger partial charge in [-0.2, -0.15) is 0 Å². The summed E-state index contributed by atoms with van der Waals surface area (Å²) in [5, 5.41) is 0. The van der Waals surface area contributed by atoms with Crippen LogP contribution in [0.25, 0.3) is 0 Å². The molecule has 0 spiro atoms. The lowest BCUT2D eigenvalue weighted by atomic mass is 10.1. The lowest BCUT2D eigenvalue weighted by Gasteiger charge is -2.33. The smallest absolute Gasteiger partial charge is 0.267 e. The van der Waals surface area contributed by atoms with Gasteiger partial charge >= 0.3 is 0 Å². The van der Waals surface area contributed by atoms with E-state index in [1.807, 2.05) is 48.5 Å². The van der Waals surface area contributed by atoms with Crippen LogP contribution in [-0.4, -0.2) is 56.7 Å². The molecule has 29 heavy (non-hydrogen) atoms. The minimum Gasteiger partial charge on any atom is -0.497 e. The maximum absolute atomic E-state index is 12.5. The zero-order valence-electron chi connectivity index (χ0n) is 17.0. The van der Waals surface area contributed by atoms with Crippen molar-refractivity contribution in [2.24, 2.45) is 0 Å². The molecule has 1 atom stereocenters. The van der Waals surface area contributed by atoms with Crippen molar-refractivity contribution in [1.82, 2.24) is 4.90 Å². The van der Waals surface area contributed by atoms with Gasteiger partial charge in [0.25, 0.3) is 5.91 Å². The summed E-state index contributed by atoms with van der Waals surface area (Å²) >= 11 is 0. The third-order valence-corrected chi connectivity index (χ3v) is 4.80. The normalized spacial score (nSPS) is 15.3. The van der Waals surface area contributed by atoms with Crippen LogP contribution < -0.4 is 19.1 Å². The maximum Gasteiger partial charge on any atom is 0.267 e. The van der Waals surface area contributed by atoms with Crippen LogP contribution in [0.5, 0.6) is 17.2 Å². The second-order valence-electron chi connectivity index (χ2n) is 6.81. The predicted octanol–water partition coefficient (Wildman–Crippen LogP) is 2.74. The number of anilines is 1. The zero-order chi connectivity index (χ0) is 20.8. The van der Waals surface area contributed by atoms with Crippen LogP contribution in [0.1, 0.15) is 13.3 Å². The minimum atomic E-state index is -0.560. The summed E-state index contributed by atoms with van der Waals surface area (Å²) in [6.45, 7) is 2.86. The molecule has 0 fully saturated rings. The van der Waals surface area contributed by atoms with E-state index in [4.69, 9.17) is 14.2 Å². The fraction of sp³-hybridized carbons (Fsp3) is 0.364. The minimum absolute atomic E-state index is 0.0484. The van der Waals surface area contributed by atoms with E-state index in [9.17, 15) is 9.59 Å². The number of nitrogens with zero attached hydrogens (tertiary/aromatic N) is 2. The molecule has 1 aliphatic heterocycles. The first-order chi connectivity index (χ1) is 14.0. The highest BCUT2D eigenvalue weighted by atomic mass is 16.5. The van der Waals surface area contributed by atoms with Gasteiger partial charge < -0.3 is 24.0 Å². The number of hydrogen-bond acceptors (Lipinski definition) is 5. The van der Waals surface area contributed by atoms with Gasteiger partial charge in [0, 0.05) is 20.0 Å². The molecule has 2 aromatic rings. The third-order valence-electron chi connectivity index (χ3n) is 4.80. The Morgan fingerprint density at radius 1 is 1.14 bits per heavy atom. The molecule has 0 bridgehead atoms. The van der Waals surface area contributed by atoms with Crippen LogP contribution in [0.3, 0.4) is 0 Å². The zero-order valence-corrected chi connectivity index (χ0v) is 17.0. The van der Waals surface area contributed by atoms with Gasteiger partial charge in [-0.15, -0.1) is 0 Å². The summed E-state index contributed by atoms with van der Waals surface area (Å²) in [7, 11) is 3.34. The van der Waals surface area contributed by atoms with Crippen molar-refractivity contribution in [2.45, 2.75) is 19.4 Å². The number of amides is 2. The van der Waals surface area contributed by atoms with E-state index in [2.05, 4.69) is 0 Å². The lowest BCUT2D eigenvalue weighted by molar-refractivity contribution is -0.130. The fourth-order valence-corrected chi connectivity index (χ4v) is 3.08. The van der Waals surface area contributed by atoms with Crippen molar-refractivity contribution in [3.8, 4) is 17.2 Å². The monoisotopic (exact) mass is 398 g/mol. The van der Waals surface area contributed by atoms with Gasteiger partial charge in [0.1, 0.15) is 23.9 Å². The number of hydrogen-bond donors (Lipinski definition) is 0. The average Bonchev–Trinajstić information content (AvgIpc) is 2.74. The Labute approximate surface area is 170 Å². The number of benzene rings is 2. The molecule has 1 aliphatic rings. The van der Waals surface area contributed by atoms with Gasteiger partial charge in [-0.3, -0.25) is 9.59 Å². The highest BCUT2D eigenvalue weighted by Crippen LogP contribution is 2.33. The lowest BCUT2D eigenvalue weighted by Crippen LogP contribution is -2.46. The van der Waals surface area contributed by atoms with Crippen LogP contribution in [0.2, 0.25) is 0 Å². The quantitative estimate of drug-likeness (QED) is 0.684. The molecule has 0 radical (unpaired) electrons. The first-order valence-corrected chi connectivity index (χ1v) is 9.57. The van der Waals surface area contributed by atoms with E-state index in [0.717, 1.165) is 11.5 Å². The standard InChI is InChI=1S/C22H26N2O5/c1-16-22(26)24(19-6-4-5-7-20(19)29-16)13-12-21(25)23(2)14-15-28-18-10-8-17(27-3)9-11-18/h4-11,16H,12-15H2,1-3H3/t16-/m0/s1. The molecule has 7 nitrogen and oxygen atoms in total. The largest absolute Gasteiger partial charge is 0.497 e. The molecule has 0 saturated heterocycles. The second kappa shape index (κ2) is 9.32. The predicted molar refractivity (Wildman–Crippen MR) is 110 cm³/mol. The molecule has 2 amide bonds. The van der Waals surface area contributed by atoms with Gasteiger partial charge in [0.2, 0.25) is 5.91 Å². The van der Waals surface area contributed by atoms with Gasteiger partial charge in [0.05, 0.1) is 19.3 Å². The van der Waals surface area contributed by atoms with E-state index in [1.54, 1.807) is 30.9 Å². The molecule has 0 aromatic heterocycles. The molecular formula is C22H26N2O5. The summed E-state index contributed by atoms with van der Waals surface area (Å²) < 4.78 is 16.4. The second-order valence-corrected chi connectivity index (χ2v) is 6.81. The van der Waals surface area contributed by atoms with Crippen molar-refractivity contribution in [1.29, 1.82) is 0 Å². The Bertz CT molecular complexity index is 853. The van der Waals surface area contributed by atoms with Gasteiger partial charge in [-0.05, 0) is 43.3 Å². The number of ether oxygens (including phenoxy) is 3. The molecule has 2 aromatic carbocycles. The summed E-state index contributed by atoms with van der Waals surface area (Å²) in [6, 6.07) is 14.7. The van der Waals surface area contributed by atoms with E-state index in [0.29, 0.717) is 31.1 Å². The summed E-state index contributed by atoms with van der Waals surface area (Å²) in [5.74, 6) is 1.96. The molecule has 7 heteroatoms. The number of carbonyl (C=O) groups is 2. The average molecular weight is 398 g/mol. The summed E-state index contributed by atoms with van der Waals surface area (Å²) in [4.78, 5) is 28.2. The van der Waals surface area contributed by atoms with Crippen LogP contribution in [-0.2, 0) is 9.59 Å². The van der Waals surface area contributed by atoms with Gasteiger partial charge in [-0.25, -0.2) is 0 Å². The number of rotatable bonds is 8. The number of para-hydroxylation sites is 2. The van der Waals surface area contributed by atoms with E-state index >= 15 is 0 Å². The van der Waals surface area contributed by atoms with Crippen molar-refractivity contribution >= 4 is 17.5 Å². The topological polar surface area (TPSA) is 68.3 Å². The number of methoxy groups -OCH3 is 1. The Balaban J connectivity index is 1.49. The van der Waals surface area contributed by atoms with E-state index < -0.39 is 6.10 Å². The highest BCUT2D eigenvalue weighted by molar-refractivity contribution is 6.00. The Morgan fingerprint density at radius 2 is 1.83 bits per heavy atom. The summed E-state index contributed by atoms with van der Waals surface area (Å²) in [6.07, 6.45) is -0.332. The molecule has 0 unspecified atom stereocenters. The molecule has 3 rings (SSSR count). The molecule has 154 valence electrons. The van der Waals surface area contributed by atoms with Crippen LogP contribution in [0.4, 0.5) is 5.69 Å². The van der Waals surface area contributed by atoms with Crippen molar-refractivity contribution in [3.05, 3.63) is 48.5 Å². The third kappa shape index (κ3) is 4.99. The number of likely N-dealkylation sites (N-methyl/N-ethyl adjacent to an activating group) is 1. The number of carbonyl (C=O) groups excluding carboxylic acids is 2. The fourth-order valence-electron chi connectivity index (χ4n) is 3.08. The molecule has 0 N–H and O–H groups in total. The van der Waals surface area contributed by atoms with Crippen LogP contribution in [0, 0.1) is 0 Å². The molecule has 0 saturated carbocycles. The first-order valence-electron chi connectivity index (χ1n) is 9.57. The Kier molecular flexibility index (Phi) is 6.59. The SMILES string of the molecule is COc1ccc(OCCN(C)C(=O)CCN2C(=O)[C@H](C)Oc3ccccc32)cc1. The van der Waals surface area contributed by atoms with Gasteiger partial charge in [0.15, 0.2) is 6.10 Å².